The minimum Gasteiger partial charge on any atom is -0.508 e. The van der Waals surface area contributed by atoms with Gasteiger partial charge in [-0.1, -0.05) is 30.3 Å². The van der Waals surface area contributed by atoms with E-state index in [9.17, 15) is 29.1 Å². The second-order valence-corrected chi connectivity index (χ2v) is 14.4. The van der Waals surface area contributed by atoms with Gasteiger partial charge in [0.1, 0.15) is 5.75 Å². The molecule has 53 heavy (non-hydrogen) atoms. The Morgan fingerprint density at radius 1 is 0.868 bits per heavy atom. The molecule has 4 aliphatic rings. The number of benzene rings is 2. The molecule has 4 aliphatic heterocycles. The molecule has 0 radical (unpaired) electrons. The number of anilines is 1. The van der Waals surface area contributed by atoms with Crippen LogP contribution in [-0.2, 0) is 36.7 Å². The maximum atomic E-state index is 14.1. The molecular formula is C39H52N6O8. The van der Waals surface area contributed by atoms with Crippen LogP contribution in [0.2, 0.25) is 0 Å². The summed E-state index contributed by atoms with van der Waals surface area (Å²) in [5.41, 5.74) is 3.38. The Hall–Kier alpha value is -4.85. The fourth-order valence-corrected chi connectivity index (χ4v) is 7.90. The number of carbonyl (C=O) groups is 5. The van der Waals surface area contributed by atoms with Gasteiger partial charge in [-0.2, -0.15) is 0 Å². The van der Waals surface area contributed by atoms with E-state index >= 15 is 0 Å². The standard InChI is InChI=1S/C39H52N6O8/c1-3-52-36(48)11-10-35(47)44-23-22-43(26-44)30-13-17-41(18-14-30)37(49)34(25-28-8-9-33(46)27(2)24-28)53-39(51)42-19-15-31(16-20-42)45-21-12-29-6-4-5-7-32(29)40-38(45)50/h4-9,24,30-31,34,46H,3,10-23,25-26H2,1-2H3,(H,40,50)/t34-/m1/s1. The first-order valence-corrected chi connectivity index (χ1v) is 19.0. The SMILES string of the molecule is CCOC(=O)CCC(=O)N1CCN(C2CCN(C(=O)[C@@H](Cc3ccc(O)c(C)c3)OC(=O)N3CCC(N4CCc5ccccc5NC4=O)CC3)CC2)C1. The Morgan fingerprint density at radius 3 is 2.32 bits per heavy atom. The molecule has 0 bridgehead atoms. The van der Waals surface area contributed by atoms with E-state index in [4.69, 9.17) is 9.47 Å². The predicted octanol–water partition coefficient (Wildman–Crippen LogP) is 3.74. The molecule has 14 heteroatoms. The van der Waals surface area contributed by atoms with Crippen molar-refractivity contribution in [2.75, 3.05) is 64.4 Å². The van der Waals surface area contributed by atoms with Crippen molar-refractivity contribution in [3.63, 3.8) is 0 Å². The normalized spacial score (nSPS) is 19.3. The molecule has 0 unspecified atom stereocenters. The molecule has 3 saturated heterocycles. The number of phenols is 1. The largest absolute Gasteiger partial charge is 0.508 e. The Morgan fingerprint density at radius 2 is 1.58 bits per heavy atom. The van der Waals surface area contributed by atoms with Crippen LogP contribution in [0.15, 0.2) is 42.5 Å². The van der Waals surface area contributed by atoms with Gasteiger partial charge < -0.3 is 39.5 Å². The van der Waals surface area contributed by atoms with Crippen LogP contribution in [0.5, 0.6) is 5.75 Å². The second kappa shape index (κ2) is 17.3. The van der Waals surface area contributed by atoms with E-state index in [1.165, 1.54) is 0 Å². The molecule has 14 nitrogen and oxygen atoms in total. The fraction of sp³-hybridized carbons (Fsp3) is 0.564. The van der Waals surface area contributed by atoms with Crippen LogP contribution >= 0.6 is 0 Å². The van der Waals surface area contributed by atoms with Gasteiger partial charge in [0.15, 0.2) is 6.10 Å². The van der Waals surface area contributed by atoms with Gasteiger partial charge in [0.05, 0.1) is 19.7 Å². The Kier molecular flexibility index (Phi) is 12.4. The highest BCUT2D eigenvalue weighted by Gasteiger charge is 2.37. The van der Waals surface area contributed by atoms with E-state index in [1.54, 1.807) is 46.7 Å². The lowest BCUT2D eigenvalue weighted by Gasteiger charge is -2.39. The molecule has 286 valence electrons. The van der Waals surface area contributed by atoms with E-state index in [1.807, 2.05) is 29.2 Å². The summed E-state index contributed by atoms with van der Waals surface area (Å²) in [5.74, 6) is -0.532. The average molecular weight is 733 g/mol. The van der Waals surface area contributed by atoms with Gasteiger partial charge in [0, 0.05) is 76.4 Å². The summed E-state index contributed by atoms with van der Waals surface area (Å²) in [6.45, 7) is 8.04. The van der Waals surface area contributed by atoms with Crippen molar-refractivity contribution >= 4 is 35.6 Å². The number of hydrogen-bond donors (Lipinski definition) is 2. The molecule has 6 rings (SSSR count). The first kappa shape index (κ1) is 37.9. The number of carbonyl (C=O) groups excluding carboxylic acids is 5. The zero-order chi connectivity index (χ0) is 37.5. The van der Waals surface area contributed by atoms with Gasteiger partial charge in [-0.05, 0) is 74.8 Å². The van der Waals surface area contributed by atoms with E-state index in [0.717, 1.165) is 42.6 Å². The zero-order valence-electron chi connectivity index (χ0n) is 30.8. The molecule has 5 amide bonds. The van der Waals surface area contributed by atoms with Crippen molar-refractivity contribution in [2.45, 2.75) is 83.4 Å². The minimum atomic E-state index is -1.05. The summed E-state index contributed by atoms with van der Waals surface area (Å²) in [4.78, 5) is 74.5. The molecule has 2 N–H and O–H groups in total. The van der Waals surface area contributed by atoms with Crippen LogP contribution in [0.4, 0.5) is 15.3 Å². The zero-order valence-corrected chi connectivity index (χ0v) is 30.8. The minimum absolute atomic E-state index is 0.0162. The number of hydrogen-bond acceptors (Lipinski definition) is 9. The van der Waals surface area contributed by atoms with Crippen LogP contribution in [0, 0.1) is 6.92 Å². The number of phenolic OH excluding ortho intramolecular Hbond substituents is 1. The van der Waals surface area contributed by atoms with Crippen molar-refractivity contribution < 1.29 is 38.6 Å². The van der Waals surface area contributed by atoms with E-state index in [0.29, 0.717) is 70.9 Å². The highest BCUT2D eigenvalue weighted by molar-refractivity contribution is 5.91. The third kappa shape index (κ3) is 9.39. The van der Waals surface area contributed by atoms with E-state index in [2.05, 4.69) is 10.2 Å². The number of urea groups is 1. The predicted molar refractivity (Wildman–Crippen MR) is 196 cm³/mol. The Bertz CT molecular complexity index is 1650. The number of likely N-dealkylation sites (tertiary alicyclic amines) is 2. The van der Waals surface area contributed by atoms with Crippen molar-refractivity contribution in [3.8, 4) is 5.75 Å². The number of amides is 5. The number of ether oxygens (including phenoxy) is 2. The molecule has 4 heterocycles. The number of aromatic hydroxyl groups is 1. The van der Waals surface area contributed by atoms with Crippen LogP contribution in [-0.4, -0.2) is 137 Å². The van der Waals surface area contributed by atoms with Gasteiger partial charge >= 0.3 is 18.1 Å². The molecule has 0 saturated carbocycles. The summed E-state index contributed by atoms with van der Waals surface area (Å²) in [5, 5.41) is 13.1. The summed E-state index contributed by atoms with van der Waals surface area (Å²) in [6, 6.07) is 13.0. The highest BCUT2D eigenvalue weighted by atomic mass is 16.6. The topological polar surface area (TPSA) is 152 Å². The Balaban J connectivity index is 1.03. The molecule has 0 spiro atoms. The third-order valence-electron chi connectivity index (χ3n) is 11.0. The number of fused-ring (bicyclic) bond motifs is 1. The maximum Gasteiger partial charge on any atom is 0.410 e. The van der Waals surface area contributed by atoms with Crippen molar-refractivity contribution in [2.24, 2.45) is 0 Å². The van der Waals surface area contributed by atoms with Crippen molar-refractivity contribution in [1.29, 1.82) is 0 Å². The molecule has 1 atom stereocenters. The van der Waals surface area contributed by atoms with Crippen LogP contribution < -0.4 is 5.32 Å². The number of piperidine rings is 2. The van der Waals surface area contributed by atoms with E-state index in [-0.39, 0.29) is 60.9 Å². The highest BCUT2D eigenvalue weighted by Crippen LogP contribution is 2.27. The molecule has 2 aromatic carbocycles. The van der Waals surface area contributed by atoms with Crippen LogP contribution in [0.25, 0.3) is 0 Å². The quantitative estimate of drug-likeness (QED) is 0.348. The van der Waals surface area contributed by atoms with Gasteiger partial charge in [0.2, 0.25) is 5.91 Å². The molecule has 2 aromatic rings. The summed E-state index contributed by atoms with van der Waals surface area (Å²) in [7, 11) is 0. The third-order valence-corrected chi connectivity index (χ3v) is 11.0. The van der Waals surface area contributed by atoms with Crippen molar-refractivity contribution in [1.82, 2.24) is 24.5 Å². The lowest BCUT2D eigenvalue weighted by molar-refractivity contribution is -0.145. The van der Waals surface area contributed by atoms with Crippen LogP contribution in [0.3, 0.4) is 0 Å². The van der Waals surface area contributed by atoms with Gasteiger partial charge in [-0.25, -0.2) is 9.59 Å². The van der Waals surface area contributed by atoms with Gasteiger partial charge in [-0.3, -0.25) is 19.3 Å². The summed E-state index contributed by atoms with van der Waals surface area (Å²) < 4.78 is 11.0. The average Bonchev–Trinajstić information content (AvgIpc) is 3.60. The first-order chi connectivity index (χ1) is 25.6. The smallest absolute Gasteiger partial charge is 0.410 e. The Labute approximate surface area is 310 Å². The summed E-state index contributed by atoms with van der Waals surface area (Å²) in [6.07, 6.45) is 2.18. The monoisotopic (exact) mass is 732 g/mol. The lowest BCUT2D eigenvalue weighted by atomic mass is 10.0. The molecular weight excluding hydrogens is 680 g/mol. The number of nitrogens with zero attached hydrogens (tertiary/aromatic N) is 5. The van der Waals surface area contributed by atoms with Crippen molar-refractivity contribution in [3.05, 3.63) is 59.2 Å². The molecule has 0 aromatic heterocycles. The number of esters is 1. The maximum absolute atomic E-state index is 14.1. The molecule has 0 aliphatic carbocycles. The van der Waals surface area contributed by atoms with E-state index < -0.39 is 12.2 Å². The number of nitrogens with one attached hydrogen (secondary N) is 1. The number of rotatable bonds is 10. The number of para-hydroxylation sites is 1. The first-order valence-electron chi connectivity index (χ1n) is 19.0. The van der Waals surface area contributed by atoms with Gasteiger partial charge in [-0.15, -0.1) is 0 Å². The van der Waals surface area contributed by atoms with Gasteiger partial charge in [0.25, 0.3) is 5.91 Å². The summed E-state index contributed by atoms with van der Waals surface area (Å²) >= 11 is 0. The lowest BCUT2D eigenvalue weighted by Crippen LogP contribution is -2.52. The molecule has 3 fully saturated rings. The number of aryl methyl sites for hydroxylation is 1. The fourth-order valence-electron chi connectivity index (χ4n) is 7.90. The second-order valence-electron chi connectivity index (χ2n) is 14.4. The van der Waals surface area contributed by atoms with Crippen LogP contribution in [0.1, 0.15) is 62.1 Å².